The largest absolute Gasteiger partial charge is 0.468 e. The second-order valence-electron chi connectivity index (χ2n) is 6.71. The van der Waals surface area contributed by atoms with E-state index >= 15 is 0 Å². The molecule has 1 aromatic heterocycles. The van der Waals surface area contributed by atoms with Gasteiger partial charge in [-0.2, -0.15) is 0 Å². The van der Waals surface area contributed by atoms with Gasteiger partial charge in [-0.05, 0) is 43.2 Å². The Morgan fingerprint density at radius 2 is 2.00 bits per heavy atom. The molecule has 4 rings (SSSR count). The quantitative estimate of drug-likeness (QED) is 0.658. The van der Waals surface area contributed by atoms with Crippen molar-refractivity contribution in [2.45, 2.75) is 57.3 Å². The van der Waals surface area contributed by atoms with Crippen molar-refractivity contribution < 1.29 is 9.47 Å². The standard InChI is InChI=1S/C15H19NO2/c1-14(2)5-7-15(8-6-14)12-11(17-12)10-4-3-9-16-13(10)18-15/h3-4,9,11-12H,5-8H2,1-2H3. The number of epoxide rings is 1. The first-order valence-electron chi connectivity index (χ1n) is 6.89. The predicted octanol–water partition coefficient (Wildman–Crippen LogP) is 3.25. The molecule has 1 aliphatic carbocycles. The van der Waals surface area contributed by atoms with Crippen molar-refractivity contribution in [3.8, 4) is 5.88 Å². The van der Waals surface area contributed by atoms with Crippen LogP contribution in [0.25, 0.3) is 0 Å². The minimum absolute atomic E-state index is 0.0957. The lowest BCUT2D eigenvalue weighted by Crippen LogP contribution is -2.48. The Balaban J connectivity index is 1.67. The van der Waals surface area contributed by atoms with Crippen LogP contribution in [0.2, 0.25) is 0 Å². The summed E-state index contributed by atoms with van der Waals surface area (Å²) in [6, 6.07) is 4.04. The van der Waals surface area contributed by atoms with Gasteiger partial charge >= 0.3 is 0 Å². The Hall–Kier alpha value is -1.09. The molecule has 1 spiro atoms. The summed E-state index contributed by atoms with van der Waals surface area (Å²) in [5, 5.41) is 0. The minimum Gasteiger partial charge on any atom is -0.468 e. The van der Waals surface area contributed by atoms with Gasteiger partial charge in [0, 0.05) is 11.8 Å². The van der Waals surface area contributed by atoms with E-state index in [0.29, 0.717) is 5.41 Å². The van der Waals surface area contributed by atoms with Gasteiger partial charge in [-0.3, -0.25) is 0 Å². The van der Waals surface area contributed by atoms with Crippen LogP contribution in [0.4, 0.5) is 0 Å². The summed E-state index contributed by atoms with van der Waals surface area (Å²) in [6.45, 7) is 4.69. The summed E-state index contributed by atoms with van der Waals surface area (Å²) in [4.78, 5) is 4.38. The number of hydrogen-bond acceptors (Lipinski definition) is 3. The molecule has 0 amide bonds. The molecule has 0 N–H and O–H groups in total. The highest BCUT2D eigenvalue weighted by Crippen LogP contribution is 2.58. The molecule has 3 aliphatic rings. The third-order valence-electron chi connectivity index (χ3n) is 4.87. The molecule has 96 valence electrons. The molecule has 2 atom stereocenters. The average Bonchev–Trinajstić information content (AvgIpc) is 3.15. The lowest BCUT2D eigenvalue weighted by atomic mass is 9.68. The molecular formula is C15H19NO2. The summed E-state index contributed by atoms with van der Waals surface area (Å²) >= 11 is 0. The van der Waals surface area contributed by atoms with E-state index in [1.54, 1.807) is 0 Å². The molecule has 2 unspecified atom stereocenters. The number of fused-ring (bicyclic) bond motifs is 4. The SMILES string of the molecule is CC1(C)CCC2(CC1)Oc1ncccc1C1OC12. The molecule has 0 aromatic carbocycles. The highest BCUT2D eigenvalue weighted by atomic mass is 16.6. The van der Waals surface area contributed by atoms with Gasteiger partial charge in [-0.15, -0.1) is 0 Å². The van der Waals surface area contributed by atoms with Crippen LogP contribution in [0.1, 0.15) is 51.2 Å². The van der Waals surface area contributed by atoms with Gasteiger partial charge in [0.25, 0.3) is 0 Å². The van der Waals surface area contributed by atoms with Gasteiger partial charge in [0.1, 0.15) is 17.8 Å². The number of ether oxygens (including phenoxy) is 2. The first kappa shape index (κ1) is 10.8. The molecule has 0 radical (unpaired) electrons. The number of nitrogens with zero attached hydrogens (tertiary/aromatic N) is 1. The highest BCUT2D eigenvalue weighted by Gasteiger charge is 2.62. The summed E-state index contributed by atoms with van der Waals surface area (Å²) in [7, 11) is 0. The normalized spacial score (nSPS) is 34.3. The highest BCUT2D eigenvalue weighted by molar-refractivity contribution is 5.37. The Morgan fingerprint density at radius 1 is 1.22 bits per heavy atom. The number of aromatic nitrogens is 1. The Kier molecular flexibility index (Phi) is 1.96. The molecule has 1 saturated carbocycles. The van der Waals surface area contributed by atoms with Crippen molar-refractivity contribution in [1.82, 2.24) is 4.98 Å². The third kappa shape index (κ3) is 1.43. The Morgan fingerprint density at radius 3 is 2.78 bits per heavy atom. The summed E-state index contributed by atoms with van der Waals surface area (Å²) < 4.78 is 12.2. The van der Waals surface area contributed by atoms with Crippen molar-refractivity contribution in [2.75, 3.05) is 0 Å². The smallest absolute Gasteiger partial charge is 0.219 e. The lowest BCUT2D eigenvalue weighted by Gasteiger charge is -2.44. The summed E-state index contributed by atoms with van der Waals surface area (Å²) in [6.07, 6.45) is 6.92. The van der Waals surface area contributed by atoms with Crippen LogP contribution in [-0.4, -0.2) is 16.7 Å². The van der Waals surface area contributed by atoms with Crippen LogP contribution in [0.15, 0.2) is 18.3 Å². The molecule has 1 saturated heterocycles. The average molecular weight is 245 g/mol. The van der Waals surface area contributed by atoms with Gasteiger partial charge in [0.15, 0.2) is 0 Å². The minimum atomic E-state index is -0.0957. The first-order valence-corrected chi connectivity index (χ1v) is 6.89. The Bertz CT molecular complexity index is 487. The molecular weight excluding hydrogens is 226 g/mol. The maximum Gasteiger partial charge on any atom is 0.219 e. The summed E-state index contributed by atoms with van der Waals surface area (Å²) in [5.41, 5.74) is 1.49. The molecule has 18 heavy (non-hydrogen) atoms. The third-order valence-corrected chi connectivity index (χ3v) is 4.87. The van der Waals surface area contributed by atoms with E-state index in [4.69, 9.17) is 9.47 Å². The van der Waals surface area contributed by atoms with Crippen LogP contribution in [0, 0.1) is 5.41 Å². The van der Waals surface area contributed by atoms with E-state index in [9.17, 15) is 0 Å². The summed E-state index contributed by atoms with van der Waals surface area (Å²) in [5.74, 6) is 0.802. The zero-order chi connectivity index (χ0) is 12.4. The van der Waals surface area contributed by atoms with Gasteiger partial charge in [0.2, 0.25) is 5.88 Å². The van der Waals surface area contributed by atoms with E-state index in [1.807, 2.05) is 12.3 Å². The molecule has 3 nitrogen and oxygen atoms in total. The van der Waals surface area contributed by atoms with Crippen LogP contribution in [-0.2, 0) is 4.74 Å². The zero-order valence-corrected chi connectivity index (χ0v) is 11.0. The number of hydrogen-bond donors (Lipinski definition) is 0. The van der Waals surface area contributed by atoms with Crippen molar-refractivity contribution in [3.05, 3.63) is 23.9 Å². The van der Waals surface area contributed by atoms with E-state index in [2.05, 4.69) is 24.9 Å². The zero-order valence-electron chi connectivity index (χ0n) is 11.0. The second kappa shape index (κ2) is 3.27. The van der Waals surface area contributed by atoms with E-state index < -0.39 is 0 Å². The van der Waals surface area contributed by atoms with E-state index in [1.165, 1.54) is 12.8 Å². The molecule has 2 aliphatic heterocycles. The molecule has 0 bridgehead atoms. The first-order chi connectivity index (χ1) is 8.60. The maximum absolute atomic E-state index is 6.27. The van der Waals surface area contributed by atoms with E-state index in [-0.39, 0.29) is 17.8 Å². The van der Waals surface area contributed by atoms with E-state index in [0.717, 1.165) is 24.3 Å². The van der Waals surface area contributed by atoms with Crippen molar-refractivity contribution in [1.29, 1.82) is 0 Å². The predicted molar refractivity (Wildman–Crippen MR) is 67.5 cm³/mol. The van der Waals surface area contributed by atoms with Crippen molar-refractivity contribution in [2.24, 2.45) is 5.41 Å². The van der Waals surface area contributed by atoms with Crippen LogP contribution in [0.3, 0.4) is 0 Å². The van der Waals surface area contributed by atoms with Gasteiger partial charge in [-0.25, -0.2) is 4.98 Å². The Labute approximate surface area is 108 Å². The van der Waals surface area contributed by atoms with Crippen LogP contribution >= 0.6 is 0 Å². The lowest BCUT2D eigenvalue weighted by molar-refractivity contribution is -0.0296. The molecule has 3 heteroatoms. The fraction of sp³-hybridized carbons (Fsp3) is 0.667. The fourth-order valence-corrected chi connectivity index (χ4v) is 3.44. The van der Waals surface area contributed by atoms with Crippen LogP contribution < -0.4 is 4.74 Å². The monoisotopic (exact) mass is 245 g/mol. The maximum atomic E-state index is 6.27. The molecule has 1 aromatic rings. The second-order valence-corrected chi connectivity index (χ2v) is 6.71. The number of rotatable bonds is 0. The molecule has 2 fully saturated rings. The fourth-order valence-electron chi connectivity index (χ4n) is 3.44. The topological polar surface area (TPSA) is 34.6 Å². The van der Waals surface area contributed by atoms with Gasteiger partial charge < -0.3 is 9.47 Å². The number of pyridine rings is 1. The molecule has 3 heterocycles. The van der Waals surface area contributed by atoms with Gasteiger partial charge in [-0.1, -0.05) is 13.8 Å². The van der Waals surface area contributed by atoms with Crippen LogP contribution in [0.5, 0.6) is 5.88 Å². The van der Waals surface area contributed by atoms with Crippen molar-refractivity contribution >= 4 is 0 Å². The van der Waals surface area contributed by atoms with Crippen molar-refractivity contribution in [3.63, 3.8) is 0 Å². The van der Waals surface area contributed by atoms with Gasteiger partial charge in [0.05, 0.1) is 0 Å².